The molecular weight excluding hydrogens is 214 g/mol. The van der Waals surface area contributed by atoms with E-state index in [1.807, 2.05) is 19.1 Å². The first-order valence-corrected chi connectivity index (χ1v) is 5.93. The summed E-state index contributed by atoms with van der Waals surface area (Å²) in [5.74, 6) is -0.493. The molecule has 1 aromatic heterocycles. The molecule has 0 saturated carbocycles. The van der Waals surface area contributed by atoms with E-state index >= 15 is 0 Å². The molecule has 2 rings (SSSR count). The van der Waals surface area contributed by atoms with Gasteiger partial charge in [0.25, 0.3) is 0 Å². The Bertz CT molecular complexity index is 483. The Morgan fingerprint density at radius 3 is 2.88 bits per heavy atom. The lowest BCUT2D eigenvalue weighted by atomic mass is 10.0. The van der Waals surface area contributed by atoms with Crippen molar-refractivity contribution in [3.8, 4) is 0 Å². The largest absolute Gasteiger partial charge is 0.481 e. The van der Waals surface area contributed by atoms with Crippen molar-refractivity contribution in [2.24, 2.45) is 5.92 Å². The van der Waals surface area contributed by atoms with Crippen molar-refractivity contribution in [1.29, 1.82) is 0 Å². The Morgan fingerprint density at radius 2 is 2.18 bits per heavy atom. The van der Waals surface area contributed by atoms with Crippen molar-refractivity contribution >= 4 is 16.9 Å². The summed E-state index contributed by atoms with van der Waals surface area (Å²) in [4.78, 5) is 13.9. The first-order valence-electron chi connectivity index (χ1n) is 5.93. The Hall–Kier alpha value is -1.77. The van der Waals surface area contributed by atoms with E-state index < -0.39 is 5.97 Å². The number of aromatic amines is 1. The van der Waals surface area contributed by atoms with Gasteiger partial charge in [0.2, 0.25) is 0 Å². The summed E-state index contributed by atoms with van der Waals surface area (Å²) < 4.78 is 0. The summed E-state index contributed by atoms with van der Waals surface area (Å²) >= 11 is 0. The molecule has 3 nitrogen and oxygen atoms in total. The third-order valence-corrected chi connectivity index (χ3v) is 3.02. The number of carbonyl (C=O) groups is 1. The van der Waals surface area contributed by atoms with Crippen LogP contribution in [0, 0.1) is 5.92 Å². The molecule has 3 heteroatoms. The molecule has 0 aliphatic heterocycles. The third kappa shape index (κ3) is 3.09. The zero-order valence-electron chi connectivity index (χ0n) is 9.94. The van der Waals surface area contributed by atoms with E-state index in [0.29, 0.717) is 0 Å². The van der Waals surface area contributed by atoms with Crippen LogP contribution in [0.15, 0.2) is 30.3 Å². The summed E-state index contributed by atoms with van der Waals surface area (Å²) in [6.07, 6.45) is 2.06. The fraction of sp³-hybridized carbons (Fsp3) is 0.357. The zero-order chi connectivity index (χ0) is 12.3. The smallest absolute Gasteiger partial charge is 0.303 e. The number of aromatic nitrogens is 1. The van der Waals surface area contributed by atoms with Gasteiger partial charge in [0.15, 0.2) is 0 Å². The quantitative estimate of drug-likeness (QED) is 0.830. The molecule has 0 aliphatic carbocycles. The normalized spacial score (nSPS) is 12.8. The maximum Gasteiger partial charge on any atom is 0.303 e. The van der Waals surface area contributed by atoms with Crippen LogP contribution in [0.3, 0.4) is 0 Å². The van der Waals surface area contributed by atoms with Gasteiger partial charge in [0, 0.05) is 17.6 Å². The van der Waals surface area contributed by atoms with Gasteiger partial charge < -0.3 is 10.1 Å². The lowest BCUT2D eigenvalue weighted by molar-refractivity contribution is -0.138. The molecule has 0 radical (unpaired) electrons. The third-order valence-electron chi connectivity index (χ3n) is 3.02. The average Bonchev–Trinajstić information content (AvgIpc) is 2.68. The van der Waals surface area contributed by atoms with Gasteiger partial charge in [-0.2, -0.15) is 0 Å². The standard InChI is InChI=1S/C14H17NO2/c1-10(8-14(16)17)6-7-12-9-11-4-2-3-5-13(11)15-12/h2-5,9-10,15H,6-8H2,1H3,(H,16,17). The molecule has 1 aromatic carbocycles. The summed E-state index contributed by atoms with van der Waals surface area (Å²) in [6, 6.07) is 10.3. The predicted molar refractivity (Wildman–Crippen MR) is 68.0 cm³/mol. The number of benzene rings is 1. The minimum absolute atomic E-state index is 0.221. The number of hydrogen-bond acceptors (Lipinski definition) is 1. The highest BCUT2D eigenvalue weighted by atomic mass is 16.4. The molecule has 17 heavy (non-hydrogen) atoms. The maximum atomic E-state index is 10.6. The van der Waals surface area contributed by atoms with Crippen molar-refractivity contribution < 1.29 is 9.90 Å². The highest BCUT2D eigenvalue weighted by Crippen LogP contribution is 2.18. The molecule has 0 spiro atoms. The molecule has 0 saturated heterocycles. The first-order chi connectivity index (χ1) is 8.15. The second-order valence-electron chi connectivity index (χ2n) is 4.62. The van der Waals surface area contributed by atoms with Gasteiger partial charge >= 0.3 is 5.97 Å². The number of H-pyrrole nitrogens is 1. The van der Waals surface area contributed by atoms with Crippen molar-refractivity contribution in [2.75, 3.05) is 0 Å². The fourth-order valence-electron chi connectivity index (χ4n) is 2.07. The summed E-state index contributed by atoms with van der Waals surface area (Å²) in [5, 5.41) is 9.90. The lowest BCUT2D eigenvalue weighted by Crippen LogP contribution is -2.05. The number of rotatable bonds is 5. The molecule has 1 unspecified atom stereocenters. The molecule has 0 fully saturated rings. The van der Waals surface area contributed by atoms with E-state index in [1.165, 1.54) is 11.1 Å². The van der Waals surface area contributed by atoms with E-state index in [-0.39, 0.29) is 12.3 Å². The Labute approximate surface area is 100 Å². The SMILES string of the molecule is CC(CCc1cc2ccccc2[nH]1)CC(=O)O. The number of nitrogens with one attached hydrogen (secondary N) is 1. The van der Waals surface area contributed by atoms with Crippen LogP contribution in [-0.2, 0) is 11.2 Å². The van der Waals surface area contributed by atoms with Crippen LogP contribution in [0.1, 0.15) is 25.5 Å². The lowest BCUT2D eigenvalue weighted by Gasteiger charge is -2.06. The molecule has 0 aliphatic rings. The van der Waals surface area contributed by atoms with Crippen molar-refractivity contribution in [2.45, 2.75) is 26.2 Å². The van der Waals surface area contributed by atoms with Crippen molar-refractivity contribution in [1.82, 2.24) is 4.98 Å². The van der Waals surface area contributed by atoms with Crippen LogP contribution in [0.5, 0.6) is 0 Å². The van der Waals surface area contributed by atoms with Crippen molar-refractivity contribution in [3.05, 3.63) is 36.0 Å². The average molecular weight is 231 g/mol. The minimum Gasteiger partial charge on any atom is -0.481 e. The number of para-hydroxylation sites is 1. The van der Waals surface area contributed by atoms with E-state index in [1.54, 1.807) is 0 Å². The topological polar surface area (TPSA) is 53.1 Å². The number of aliphatic carboxylic acids is 1. The fourth-order valence-corrected chi connectivity index (χ4v) is 2.07. The summed E-state index contributed by atoms with van der Waals surface area (Å²) in [7, 11) is 0. The summed E-state index contributed by atoms with van der Waals surface area (Å²) in [6.45, 7) is 1.98. The molecule has 0 amide bonds. The number of carboxylic acids is 1. The van der Waals surface area contributed by atoms with E-state index in [4.69, 9.17) is 5.11 Å². The Morgan fingerprint density at radius 1 is 1.41 bits per heavy atom. The first kappa shape index (κ1) is 11.7. The minimum atomic E-state index is -0.714. The van der Waals surface area contributed by atoms with Gasteiger partial charge in [-0.1, -0.05) is 25.1 Å². The molecular formula is C14H17NO2. The second-order valence-corrected chi connectivity index (χ2v) is 4.62. The molecule has 2 N–H and O–H groups in total. The molecule has 2 aromatic rings. The van der Waals surface area contributed by atoms with Crippen LogP contribution in [0.4, 0.5) is 0 Å². The summed E-state index contributed by atoms with van der Waals surface area (Å²) in [5.41, 5.74) is 2.33. The maximum absolute atomic E-state index is 10.6. The highest BCUT2D eigenvalue weighted by molar-refractivity contribution is 5.80. The van der Waals surface area contributed by atoms with Crippen molar-refractivity contribution in [3.63, 3.8) is 0 Å². The van der Waals surface area contributed by atoms with Crippen LogP contribution >= 0.6 is 0 Å². The zero-order valence-corrected chi connectivity index (χ0v) is 9.94. The Balaban J connectivity index is 1.97. The van der Waals surface area contributed by atoms with E-state index in [2.05, 4.69) is 23.2 Å². The van der Waals surface area contributed by atoms with Gasteiger partial charge in [-0.15, -0.1) is 0 Å². The molecule has 0 bridgehead atoms. The monoisotopic (exact) mass is 231 g/mol. The van der Waals surface area contributed by atoms with Crippen LogP contribution in [0.25, 0.3) is 10.9 Å². The molecule has 90 valence electrons. The Kier molecular flexibility index (Phi) is 3.47. The van der Waals surface area contributed by atoms with Gasteiger partial charge in [0.1, 0.15) is 0 Å². The van der Waals surface area contributed by atoms with Gasteiger partial charge in [-0.3, -0.25) is 4.79 Å². The van der Waals surface area contributed by atoms with Crippen LogP contribution in [0.2, 0.25) is 0 Å². The number of hydrogen-bond donors (Lipinski definition) is 2. The van der Waals surface area contributed by atoms with E-state index in [9.17, 15) is 4.79 Å². The predicted octanol–water partition coefficient (Wildman–Crippen LogP) is 3.21. The van der Waals surface area contributed by atoms with E-state index in [0.717, 1.165) is 18.4 Å². The van der Waals surface area contributed by atoms with Gasteiger partial charge in [-0.05, 0) is 36.3 Å². The van der Waals surface area contributed by atoms with Gasteiger partial charge in [-0.25, -0.2) is 0 Å². The highest BCUT2D eigenvalue weighted by Gasteiger charge is 2.08. The van der Waals surface area contributed by atoms with Crippen LogP contribution in [-0.4, -0.2) is 16.1 Å². The number of aryl methyl sites for hydroxylation is 1. The number of carboxylic acid groups (broad SMARTS) is 1. The number of fused-ring (bicyclic) bond motifs is 1. The van der Waals surface area contributed by atoms with Gasteiger partial charge in [0.05, 0.1) is 0 Å². The van der Waals surface area contributed by atoms with Crippen LogP contribution < -0.4 is 0 Å². The molecule has 1 atom stereocenters. The second kappa shape index (κ2) is 5.04. The molecule has 1 heterocycles.